The molecule has 0 saturated heterocycles. The second-order valence-corrected chi connectivity index (χ2v) is 26.8. The van der Waals surface area contributed by atoms with Crippen molar-refractivity contribution in [3.8, 4) is 21.8 Å². The number of aromatic nitrogens is 4. The summed E-state index contributed by atoms with van der Waals surface area (Å²) >= 11 is 1.24. The maximum absolute atomic E-state index is 13.5. The molecule has 6 aromatic rings. The van der Waals surface area contributed by atoms with Gasteiger partial charge in [-0.2, -0.15) is 0 Å². The van der Waals surface area contributed by atoms with Crippen molar-refractivity contribution in [2.75, 3.05) is 67.3 Å². The summed E-state index contributed by atoms with van der Waals surface area (Å²) in [7, 11) is -16.7. The van der Waals surface area contributed by atoms with Gasteiger partial charge in [-0.05, 0) is 72.8 Å². The van der Waals surface area contributed by atoms with Gasteiger partial charge >= 0.3 is 15.2 Å². The van der Waals surface area contributed by atoms with Gasteiger partial charge in [-0.15, -0.1) is 11.3 Å². The molecule has 3 aromatic carbocycles. The summed E-state index contributed by atoms with van der Waals surface area (Å²) in [5.41, 5.74) is 10.9. The average Bonchev–Trinajstić information content (AvgIpc) is 3.78. The monoisotopic (exact) mass is 1050 g/mol. The van der Waals surface area contributed by atoms with Gasteiger partial charge in [0.15, 0.2) is 63.5 Å². The van der Waals surface area contributed by atoms with Crippen molar-refractivity contribution in [1.82, 2.24) is 19.9 Å². The highest BCUT2D eigenvalue weighted by molar-refractivity contribution is 7.98. The molecule has 0 radical (unpaired) electrons. The van der Waals surface area contributed by atoms with E-state index in [0.29, 0.717) is 15.3 Å². The van der Waals surface area contributed by atoms with E-state index in [1.54, 1.807) is 12.1 Å². The Balaban J connectivity index is 1.04. The van der Waals surface area contributed by atoms with Crippen LogP contribution in [0.25, 0.3) is 21.8 Å². The molecule has 1 atom stereocenters. The standard InChI is InChI=1S/C40H42N8O14P2S4/c1-59-63(51,60-2)23-67(55,56)30-14-7-27(8-15-30)46-40(50)36-38(42)44-22-33(48-36)34-18-11-28(65-34)19-20-62-64(52,61-3)24-68(57,58)31-16-9-26(10-17-31)45-39(49)35-37(41)43-21-32(47-35)25-5-12-29(13-6-25)66(4,53)54/h5-18,21-22H,19-20,23-24H2,1-4H3,(H2,41,43)(H2,42,44)(H,45,49)(H,46,50). The summed E-state index contributed by atoms with van der Waals surface area (Å²) < 4.78 is 122. The number of nitrogens with one attached hydrogen (secondary N) is 2. The predicted molar refractivity (Wildman–Crippen MR) is 254 cm³/mol. The second kappa shape index (κ2) is 20.8. The topological polar surface area (TPSA) is 335 Å². The highest BCUT2D eigenvalue weighted by atomic mass is 32.2. The summed E-state index contributed by atoms with van der Waals surface area (Å²) in [5.74, 6) is -1.88. The molecule has 1 unspecified atom stereocenters. The number of rotatable bonds is 20. The number of sulfone groups is 3. The number of anilines is 4. The summed E-state index contributed by atoms with van der Waals surface area (Å²) in [4.78, 5) is 44.1. The van der Waals surface area contributed by atoms with Gasteiger partial charge in [0.2, 0.25) is 0 Å². The molecule has 68 heavy (non-hydrogen) atoms. The van der Waals surface area contributed by atoms with Gasteiger partial charge in [0.05, 0.1) is 50.0 Å². The van der Waals surface area contributed by atoms with Crippen LogP contribution >= 0.6 is 26.5 Å². The molecule has 360 valence electrons. The molecule has 3 heterocycles. The number of hydrogen-bond acceptors (Lipinski definition) is 21. The highest BCUT2D eigenvalue weighted by Crippen LogP contribution is 2.50. The van der Waals surface area contributed by atoms with Crippen LogP contribution in [-0.2, 0) is 63.2 Å². The minimum absolute atomic E-state index is 0.0959. The van der Waals surface area contributed by atoms with E-state index in [2.05, 4.69) is 30.6 Å². The normalized spacial score (nSPS) is 13.1. The van der Waals surface area contributed by atoms with Crippen LogP contribution in [-0.4, -0.2) is 102 Å². The molecule has 0 fully saturated rings. The van der Waals surface area contributed by atoms with Gasteiger partial charge in [0, 0.05) is 55.8 Å². The van der Waals surface area contributed by atoms with Crippen molar-refractivity contribution in [2.24, 2.45) is 0 Å². The second-order valence-electron chi connectivity index (χ2n) is 14.3. The van der Waals surface area contributed by atoms with E-state index in [-0.39, 0.29) is 73.5 Å². The van der Waals surface area contributed by atoms with Crippen molar-refractivity contribution in [3.05, 3.63) is 114 Å². The van der Waals surface area contributed by atoms with Crippen molar-refractivity contribution in [3.63, 3.8) is 0 Å². The average molecular weight is 1050 g/mol. The zero-order valence-electron chi connectivity index (χ0n) is 36.3. The molecule has 3 aromatic heterocycles. The molecular weight excluding hydrogens is 1010 g/mol. The Bertz CT molecular complexity index is 3300. The van der Waals surface area contributed by atoms with Crippen LogP contribution in [0.3, 0.4) is 0 Å². The van der Waals surface area contributed by atoms with Gasteiger partial charge < -0.3 is 40.2 Å². The number of nitrogen functional groups attached to an aromatic ring is 2. The van der Waals surface area contributed by atoms with Crippen LogP contribution in [0.15, 0.2) is 112 Å². The maximum Gasteiger partial charge on any atom is 0.345 e. The van der Waals surface area contributed by atoms with Gasteiger partial charge in [0.25, 0.3) is 11.8 Å². The number of thiophene rings is 1. The maximum atomic E-state index is 13.5. The third-order valence-electron chi connectivity index (χ3n) is 9.59. The molecule has 6 rings (SSSR count). The van der Waals surface area contributed by atoms with Crippen LogP contribution < -0.4 is 22.1 Å². The molecule has 22 nitrogen and oxygen atoms in total. The largest absolute Gasteiger partial charge is 0.382 e. The van der Waals surface area contributed by atoms with Crippen molar-refractivity contribution in [1.29, 1.82) is 0 Å². The Kier molecular flexibility index (Phi) is 15.8. The molecule has 2 amide bonds. The lowest BCUT2D eigenvalue weighted by molar-refractivity contribution is 0.101. The molecule has 0 bridgehead atoms. The Hall–Kier alpha value is -5.79. The molecule has 6 N–H and O–H groups in total. The van der Waals surface area contributed by atoms with E-state index in [0.717, 1.165) is 27.6 Å². The van der Waals surface area contributed by atoms with Crippen LogP contribution in [0.5, 0.6) is 0 Å². The zero-order valence-corrected chi connectivity index (χ0v) is 41.3. The van der Waals surface area contributed by atoms with Crippen LogP contribution in [0.2, 0.25) is 0 Å². The fraction of sp³-hybridized carbons (Fsp3) is 0.200. The van der Waals surface area contributed by atoms with E-state index in [1.807, 2.05) is 0 Å². The summed E-state index contributed by atoms with van der Waals surface area (Å²) in [6.45, 7) is -0.204. The predicted octanol–water partition coefficient (Wildman–Crippen LogP) is 5.78. The van der Waals surface area contributed by atoms with Gasteiger partial charge in [-0.25, -0.2) is 45.2 Å². The number of carbonyl (C=O) groups excluding carboxylic acids is 2. The number of benzene rings is 3. The Morgan fingerprint density at radius 2 is 1.06 bits per heavy atom. The van der Waals surface area contributed by atoms with Crippen molar-refractivity contribution >= 4 is 90.9 Å². The first kappa shape index (κ1) is 51.6. The first-order valence-electron chi connectivity index (χ1n) is 19.4. The third-order valence-corrected chi connectivity index (χ3v) is 21.4. The number of nitrogens with two attached hydrogens (primary N) is 2. The lowest BCUT2D eigenvalue weighted by atomic mass is 10.1. The van der Waals surface area contributed by atoms with Crippen LogP contribution in [0.4, 0.5) is 23.0 Å². The van der Waals surface area contributed by atoms with Crippen molar-refractivity contribution < 1.29 is 62.1 Å². The third kappa shape index (κ3) is 12.6. The molecule has 0 aliphatic rings. The van der Waals surface area contributed by atoms with Crippen LogP contribution in [0.1, 0.15) is 25.9 Å². The van der Waals surface area contributed by atoms with E-state index in [9.17, 15) is 44.0 Å². The smallest absolute Gasteiger partial charge is 0.345 e. The Morgan fingerprint density at radius 1 is 0.618 bits per heavy atom. The Morgan fingerprint density at radius 3 is 1.53 bits per heavy atom. The molecule has 0 saturated carbocycles. The fourth-order valence-corrected chi connectivity index (χ4v) is 15.3. The summed E-state index contributed by atoms with van der Waals surface area (Å²) in [6.07, 6.45) is 3.93. The van der Waals surface area contributed by atoms with Crippen LogP contribution in [0, 0.1) is 0 Å². The van der Waals surface area contributed by atoms with E-state index in [1.165, 1.54) is 96.5 Å². The van der Waals surface area contributed by atoms with E-state index < -0.39 is 67.5 Å². The SMILES string of the molecule is COP(=O)(CS(=O)(=O)c1ccc(NC(=O)c2nc(-c3ccc(CCOP(=O)(CS(=O)(=O)c4ccc(NC(=O)c5nc(-c6ccc(S(C)(=O)=O)cc6)cnc5N)cc4)OC)s3)cnc2N)cc1)OC. The fourth-order valence-electron chi connectivity index (χ4n) is 5.96. The summed E-state index contributed by atoms with van der Waals surface area (Å²) in [5, 5.41) is 5.16. The minimum Gasteiger partial charge on any atom is -0.382 e. The first-order chi connectivity index (χ1) is 32.0. The Labute approximate surface area is 394 Å². The number of carbonyl (C=O) groups is 2. The van der Waals surface area contributed by atoms with E-state index >= 15 is 0 Å². The first-order valence-corrected chi connectivity index (χ1v) is 28.9. The van der Waals surface area contributed by atoms with Crippen molar-refractivity contribution in [2.45, 2.75) is 21.1 Å². The number of nitrogens with zero attached hydrogens (tertiary/aromatic N) is 4. The van der Waals surface area contributed by atoms with Gasteiger partial charge in [0.1, 0.15) is 0 Å². The molecule has 0 spiro atoms. The highest BCUT2D eigenvalue weighted by Gasteiger charge is 2.33. The molecule has 28 heteroatoms. The van der Waals surface area contributed by atoms with E-state index in [4.69, 9.17) is 29.6 Å². The quantitative estimate of drug-likeness (QED) is 0.0658. The minimum atomic E-state index is -4.26. The molecular formula is C40H42N8O14P2S4. The molecule has 0 aliphatic carbocycles. The summed E-state index contributed by atoms with van der Waals surface area (Å²) in [6, 6.07) is 19.3. The van der Waals surface area contributed by atoms with Gasteiger partial charge in [-0.1, -0.05) is 12.1 Å². The number of amides is 2. The zero-order chi connectivity index (χ0) is 49.7. The van der Waals surface area contributed by atoms with Gasteiger partial charge in [-0.3, -0.25) is 18.7 Å². The molecule has 0 aliphatic heterocycles. The lowest BCUT2D eigenvalue weighted by Gasteiger charge is -2.16. The lowest BCUT2D eigenvalue weighted by Crippen LogP contribution is -2.17. The number of hydrogen-bond donors (Lipinski definition) is 4.